The number of hydrogen-bond donors (Lipinski definition) is 0. The third-order valence-electron chi connectivity index (χ3n) is 3.38. The molecule has 3 nitrogen and oxygen atoms in total. The van der Waals surface area contributed by atoms with Gasteiger partial charge in [0.2, 0.25) is 0 Å². The Morgan fingerprint density at radius 1 is 1.39 bits per heavy atom. The van der Waals surface area contributed by atoms with Crippen molar-refractivity contribution >= 4 is 6.09 Å². The summed E-state index contributed by atoms with van der Waals surface area (Å²) < 4.78 is 5.46. The lowest BCUT2D eigenvalue weighted by Gasteiger charge is -2.20. The van der Waals surface area contributed by atoms with Crippen LogP contribution in [0, 0.1) is 6.92 Å². The second-order valence-corrected chi connectivity index (χ2v) is 5.14. The third-order valence-corrected chi connectivity index (χ3v) is 3.38. The monoisotopic (exact) mass is 247 g/mol. The van der Waals surface area contributed by atoms with Crippen LogP contribution in [0.2, 0.25) is 0 Å². The molecule has 1 saturated carbocycles. The Kier molecular flexibility index (Phi) is 4.24. The zero-order valence-corrected chi connectivity index (χ0v) is 11.2. The van der Waals surface area contributed by atoms with E-state index in [9.17, 15) is 4.79 Å². The average Bonchev–Trinajstić information content (AvgIpc) is 2.81. The van der Waals surface area contributed by atoms with Gasteiger partial charge in [0.15, 0.2) is 0 Å². The Labute approximate surface area is 109 Å². The van der Waals surface area contributed by atoms with E-state index in [1.54, 1.807) is 11.9 Å². The maximum Gasteiger partial charge on any atom is 0.410 e. The van der Waals surface area contributed by atoms with E-state index in [1.165, 1.54) is 18.4 Å². The van der Waals surface area contributed by atoms with Crippen molar-refractivity contribution in [2.45, 2.75) is 45.3 Å². The SMILES string of the molecule is Cc1cccc(CN(C)C(=O)OC2CCCC2)c1. The van der Waals surface area contributed by atoms with Gasteiger partial charge < -0.3 is 9.64 Å². The van der Waals surface area contributed by atoms with Crippen molar-refractivity contribution in [1.29, 1.82) is 0 Å². The topological polar surface area (TPSA) is 29.5 Å². The van der Waals surface area contributed by atoms with Crippen LogP contribution in [0.15, 0.2) is 24.3 Å². The maximum absolute atomic E-state index is 11.9. The largest absolute Gasteiger partial charge is 0.446 e. The summed E-state index contributed by atoms with van der Waals surface area (Å²) in [6, 6.07) is 8.20. The van der Waals surface area contributed by atoms with Gasteiger partial charge in [-0.1, -0.05) is 29.8 Å². The molecule has 1 aromatic rings. The lowest BCUT2D eigenvalue weighted by molar-refractivity contribution is 0.0702. The minimum absolute atomic E-state index is 0.137. The van der Waals surface area contributed by atoms with E-state index in [4.69, 9.17) is 4.74 Å². The van der Waals surface area contributed by atoms with Crippen LogP contribution >= 0.6 is 0 Å². The van der Waals surface area contributed by atoms with Crippen LogP contribution in [0.4, 0.5) is 4.79 Å². The van der Waals surface area contributed by atoms with Crippen LogP contribution in [0.1, 0.15) is 36.8 Å². The first-order valence-corrected chi connectivity index (χ1v) is 6.62. The summed E-state index contributed by atoms with van der Waals surface area (Å²) in [6.45, 7) is 2.66. The second kappa shape index (κ2) is 5.89. The van der Waals surface area contributed by atoms with Gasteiger partial charge in [0.25, 0.3) is 0 Å². The highest BCUT2D eigenvalue weighted by Gasteiger charge is 2.21. The van der Waals surface area contributed by atoms with Gasteiger partial charge in [-0.3, -0.25) is 0 Å². The zero-order valence-electron chi connectivity index (χ0n) is 11.2. The van der Waals surface area contributed by atoms with E-state index in [-0.39, 0.29) is 12.2 Å². The van der Waals surface area contributed by atoms with E-state index in [1.807, 2.05) is 12.1 Å². The lowest BCUT2D eigenvalue weighted by atomic mass is 10.1. The minimum atomic E-state index is -0.205. The summed E-state index contributed by atoms with van der Waals surface area (Å²) in [7, 11) is 1.79. The molecular weight excluding hydrogens is 226 g/mol. The van der Waals surface area contributed by atoms with Crippen molar-refractivity contribution < 1.29 is 9.53 Å². The molecule has 2 rings (SSSR count). The molecule has 1 amide bonds. The van der Waals surface area contributed by atoms with Crippen molar-refractivity contribution in [3.63, 3.8) is 0 Å². The highest BCUT2D eigenvalue weighted by molar-refractivity contribution is 5.67. The molecule has 0 aliphatic heterocycles. The number of rotatable bonds is 3. The van der Waals surface area contributed by atoms with Crippen molar-refractivity contribution in [2.24, 2.45) is 0 Å². The molecule has 1 aliphatic carbocycles. The Balaban J connectivity index is 1.86. The van der Waals surface area contributed by atoms with Crippen molar-refractivity contribution in [2.75, 3.05) is 7.05 Å². The number of hydrogen-bond acceptors (Lipinski definition) is 2. The Bertz CT molecular complexity index is 411. The van der Waals surface area contributed by atoms with Crippen LogP contribution in [0.25, 0.3) is 0 Å². The first kappa shape index (κ1) is 12.9. The molecule has 1 aromatic carbocycles. The molecule has 0 unspecified atom stereocenters. The first-order chi connectivity index (χ1) is 8.65. The van der Waals surface area contributed by atoms with E-state index < -0.39 is 0 Å². The smallest absolute Gasteiger partial charge is 0.410 e. The normalized spacial score (nSPS) is 15.7. The standard InChI is InChI=1S/C15H21NO2/c1-12-6-5-7-13(10-12)11-16(2)15(17)18-14-8-3-4-9-14/h5-7,10,14H,3-4,8-9,11H2,1-2H3. The van der Waals surface area contributed by atoms with Crippen molar-refractivity contribution in [3.05, 3.63) is 35.4 Å². The average molecular weight is 247 g/mol. The van der Waals surface area contributed by atoms with Crippen LogP contribution in [-0.4, -0.2) is 24.1 Å². The number of aryl methyl sites for hydroxylation is 1. The molecule has 0 aromatic heterocycles. The lowest BCUT2D eigenvalue weighted by Crippen LogP contribution is -2.29. The molecule has 0 N–H and O–H groups in total. The van der Waals surface area contributed by atoms with Gasteiger partial charge in [-0.05, 0) is 38.2 Å². The summed E-state index contributed by atoms with van der Waals surface area (Å²) in [4.78, 5) is 13.5. The number of carbonyl (C=O) groups excluding carboxylic acids is 1. The summed E-state index contributed by atoms with van der Waals surface area (Å²) >= 11 is 0. The maximum atomic E-state index is 11.9. The molecule has 0 heterocycles. The molecule has 18 heavy (non-hydrogen) atoms. The second-order valence-electron chi connectivity index (χ2n) is 5.14. The van der Waals surface area contributed by atoms with E-state index in [0.717, 1.165) is 18.4 Å². The molecule has 98 valence electrons. The van der Waals surface area contributed by atoms with Gasteiger partial charge in [-0.25, -0.2) is 4.79 Å². The van der Waals surface area contributed by atoms with Crippen molar-refractivity contribution in [3.8, 4) is 0 Å². The van der Waals surface area contributed by atoms with Crippen LogP contribution < -0.4 is 0 Å². The molecule has 0 atom stereocenters. The summed E-state index contributed by atoms with van der Waals surface area (Å²) in [5.41, 5.74) is 2.35. The van der Waals surface area contributed by atoms with E-state index in [0.29, 0.717) is 6.54 Å². The predicted molar refractivity (Wildman–Crippen MR) is 71.4 cm³/mol. The van der Waals surface area contributed by atoms with Gasteiger partial charge in [0.1, 0.15) is 6.10 Å². The number of amides is 1. The highest BCUT2D eigenvalue weighted by atomic mass is 16.6. The molecule has 0 radical (unpaired) electrons. The molecule has 0 bridgehead atoms. The number of ether oxygens (including phenoxy) is 1. The molecule has 1 fully saturated rings. The molecule has 3 heteroatoms. The quantitative estimate of drug-likeness (QED) is 0.818. The number of carbonyl (C=O) groups is 1. The van der Waals surface area contributed by atoms with Gasteiger partial charge in [0, 0.05) is 13.6 Å². The minimum Gasteiger partial charge on any atom is -0.446 e. The van der Waals surface area contributed by atoms with Crippen LogP contribution in [0.5, 0.6) is 0 Å². The van der Waals surface area contributed by atoms with Gasteiger partial charge in [-0.2, -0.15) is 0 Å². The number of nitrogens with zero attached hydrogens (tertiary/aromatic N) is 1. The number of benzene rings is 1. The van der Waals surface area contributed by atoms with E-state index >= 15 is 0 Å². The third kappa shape index (κ3) is 3.49. The fraction of sp³-hybridized carbons (Fsp3) is 0.533. The van der Waals surface area contributed by atoms with Gasteiger partial charge in [-0.15, -0.1) is 0 Å². The molecule has 1 aliphatic rings. The Morgan fingerprint density at radius 2 is 2.11 bits per heavy atom. The fourth-order valence-corrected chi connectivity index (χ4v) is 2.39. The fourth-order valence-electron chi connectivity index (χ4n) is 2.39. The summed E-state index contributed by atoms with van der Waals surface area (Å²) in [5, 5.41) is 0. The van der Waals surface area contributed by atoms with E-state index in [2.05, 4.69) is 19.1 Å². The molecule has 0 saturated heterocycles. The molecule has 0 spiro atoms. The van der Waals surface area contributed by atoms with Gasteiger partial charge >= 0.3 is 6.09 Å². The van der Waals surface area contributed by atoms with Crippen LogP contribution in [0.3, 0.4) is 0 Å². The summed E-state index contributed by atoms with van der Waals surface area (Å²) in [5.74, 6) is 0. The summed E-state index contributed by atoms with van der Waals surface area (Å²) in [6.07, 6.45) is 4.33. The Hall–Kier alpha value is -1.51. The zero-order chi connectivity index (χ0) is 13.0. The first-order valence-electron chi connectivity index (χ1n) is 6.62. The van der Waals surface area contributed by atoms with Crippen LogP contribution in [-0.2, 0) is 11.3 Å². The molecular formula is C15H21NO2. The van der Waals surface area contributed by atoms with Gasteiger partial charge in [0.05, 0.1) is 0 Å². The Morgan fingerprint density at radius 3 is 2.78 bits per heavy atom. The predicted octanol–water partition coefficient (Wildman–Crippen LogP) is 3.51. The van der Waals surface area contributed by atoms with Crippen molar-refractivity contribution in [1.82, 2.24) is 4.90 Å². The highest BCUT2D eigenvalue weighted by Crippen LogP contribution is 2.21.